The van der Waals surface area contributed by atoms with Crippen LogP contribution in [-0.4, -0.2) is 69.8 Å². The number of fused-ring (bicyclic) bond motifs is 1. The summed E-state index contributed by atoms with van der Waals surface area (Å²) in [5.41, 5.74) is 5.08. The van der Waals surface area contributed by atoms with Crippen LogP contribution >= 0.6 is 0 Å². The molecule has 1 aliphatic rings. The quantitative estimate of drug-likeness (QED) is 0.445. The highest BCUT2D eigenvalue weighted by atomic mass is 16.5. The fourth-order valence-electron chi connectivity index (χ4n) is 4.74. The molecule has 35 heavy (non-hydrogen) atoms. The second-order valence-electron chi connectivity index (χ2n) is 8.76. The summed E-state index contributed by atoms with van der Waals surface area (Å²) in [5.74, 6) is 2.18. The van der Waals surface area contributed by atoms with Crippen molar-refractivity contribution in [3.05, 3.63) is 47.7 Å². The molecule has 0 atom stereocenters. The predicted octanol–water partition coefficient (Wildman–Crippen LogP) is 5.00. The lowest BCUT2D eigenvalue weighted by molar-refractivity contribution is -0.127. The summed E-state index contributed by atoms with van der Waals surface area (Å²) in [4.78, 5) is 17.3. The molecule has 7 heteroatoms. The number of methoxy groups -OCH3 is 3. The fraction of sp³-hybridized carbons (Fsp3) is 0.393. The van der Waals surface area contributed by atoms with Gasteiger partial charge in [-0.3, -0.25) is 4.79 Å². The molecule has 0 aliphatic carbocycles. The molecule has 2 heterocycles. The van der Waals surface area contributed by atoms with E-state index in [2.05, 4.69) is 11.8 Å². The van der Waals surface area contributed by atoms with Crippen LogP contribution in [0.3, 0.4) is 0 Å². The maximum atomic E-state index is 13.1. The second kappa shape index (κ2) is 10.4. The second-order valence-corrected chi connectivity index (χ2v) is 8.76. The first kappa shape index (κ1) is 24.7. The van der Waals surface area contributed by atoms with E-state index in [0.717, 1.165) is 83.0 Å². The third-order valence-corrected chi connectivity index (χ3v) is 6.84. The van der Waals surface area contributed by atoms with Crippen molar-refractivity contribution >= 4 is 22.4 Å². The van der Waals surface area contributed by atoms with Gasteiger partial charge in [0.25, 0.3) is 0 Å². The minimum Gasteiger partial charge on any atom is -0.497 e. The average molecular weight is 479 g/mol. The number of furan rings is 1. The van der Waals surface area contributed by atoms with Gasteiger partial charge in [0.15, 0.2) is 0 Å². The third-order valence-electron chi connectivity index (χ3n) is 6.84. The minimum absolute atomic E-state index is 0.0277. The lowest BCUT2D eigenvalue weighted by Gasteiger charge is -2.33. The number of ether oxygens (including phenoxy) is 3. The zero-order valence-corrected chi connectivity index (χ0v) is 21.4. The molecule has 0 bridgehead atoms. The van der Waals surface area contributed by atoms with Crippen LogP contribution in [0.25, 0.3) is 27.7 Å². The standard InChI is InChI=1S/C28H34N2O5/c1-7-29-10-12-30(13-11-29)26(31)14-18(2)21-16-23-24(17-35-28(23)19(3)27(21)34-6)22-15-20(32-4)8-9-25(22)33-5/h8-9,14-17H,7,10-13H2,1-6H3/b18-14+. The average Bonchev–Trinajstić information content (AvgIpc) is 3.32. The predicted molar refractivity (Wildman–Crippen MR) is 138 cm³/mol. The number of hydrogen-bond donors (Lipinski definition) is 0. The molecule has 1 aliphatic heterocycles. The Hall–Kier alpha value is -3.45. The molecule has 4 rings (SSSR count). The maximum Gasteiger partial charge on any atom is 0.246 e. The number of benzene rings is 2. The summed E-state index contributed by atoms with van der Waals surface area (Å²) in [5, 5.41) is 0.918. The van der Waals surface area contributed by atoms with Gasteiger partial charge in [0.1, 0.15) is 22.8 Å². The molecule has 3 aromatic rings. The van der Waals surface area contributed by atoms with Crippen molar-refractivity contribution in [1.82, 2.24) is 9.80 Å². The molecule has 7 nitrogen and oxygen atoms in total. The third kappa shape index (κ3) is 4.73. The van der Waals surface area contributed by atoms with Crippen molar-refractivity contribution in [2.45, 2.75) is 20.8 Å². The lowest BCUT2D eigenvalue weighted by Crippen LogP contribution is -2.48. The fourth-order valence-corrected chi connectivity index (χ4v) is 4.74. The number of carbonyl (C=O) groups is 1. The number of nitrogens with zero attached hydrogens (tertiary/aromatic N) is 2. The zero-order chi connectivity index (χ0) is 25.1. The van der Waals surface area contributed by atoms with Gasteiger partial charge >= 0.3 is 0 Å². The number of allylic oxidation sites excluding steroid dienone is 1. The zero-order valence-electron chi connectivity index (χ0n) is 21.4. The highest BCUT2D eigenvalue weighted by Gasteiger charge is 2.22. The summed E-state index contributed by atoms with van der Waals surface area (Å²) in [6.07, 6.45) is 3.45. The van der Waals surface area contributed by atoms with Crippen LogP contribution in [0.2, 0.25) is 0 Å². The molecule has 2 aromatic carbocycles. The number of amides is 1. The largest absolute Gasteiger partial charge is 0.497 e. The number of aryl methyl sites for hydroxylation is 1. The first-order valence-electron chi connectivity index (χ1n) is 11.9. The van der Waals surface area contributed by atoms with E-state index in [4.69, 9.17) is 18.6 Å². The Labute approximate surface area is 206 Å². The van der Waals surface area contributed by atoms with E-state index in [0.29, 0.717) is 5.75 Å². The molecule has 1 fully saturated rings. The van der Waals surface area contributed by atoms with E-state index in [1.54, 1.807) is 33.7 Å². The van der Waals surface area contributed by atoms with Crippen LogP contribution < -0.4 is 14.2 Å². The maximum absolute atomic E-state index is 13.1. The summed E-state index contributed by atoms with van der Waals surface area (Å²) in [6.45, 7) is 10.4. The van der Waals surface area contributed by atoms with Crippen LogP contribution in [0.4, 0.5) is 0 Å². The Balaban J connectivity index is 1.78. The Kier molecular flexibility index (Phi) is 7.36. The van der Waals surface area contributed by atoms with Gasteiger partial charge in [0.05, 0.1) is 27.6 Å². The monoisotopic (exact) mass is 478 g/mol. The number of carbonyl (C=O) groups excluding carboxylic acids is 1. The van der Waals surface area contributed by atoms with Gasteiger partial charge in [-0.2, -0.15) is 0 Å². The molecule has 0 spiro atoms. The van der Waals surface area contributed by atoms with E-state index in [1.165, 1.54) is 0 Å². The summed E-state index contributed by atoms with van der Waals surface area (Å²) >= 11 is 0. The molecule has 0 saturated carbocycles. The Morgan fingerprint density at radius 3 is 2.40 bits per heavy atom. The SMILES string of the molecule is CCN1CCN(C(=O)/C=C(\C)c2cc3c(-c4cc(OC)ccc4OC)coc3c(C)c2OC)CC1. The topological polar surface area (TPSA) is 64.4 Å². The molecule has 186 valence electrons. The number of hydrogen-bond acceptors (Lipinski definition) is 6. The Bertz CT molecular complexity index is 1250. The van der Waals surface area contributed by atoms with Gasteiger partial charge in [0.2, 0.25) is 5.91 Å². The highest BCUT2D eigenvalue weighted by molar-refractivity contribution is 6.02. The van der Waals surface area contributed by atoms with E-state index in [9.17, 15) is 4.79 Å². The molecule has 0 N–H and O–H groups in total. The number of likely N-dealkylation sites (N-methyl/N-ethyl adjacent to an activating group) is 1. The smallest absolute Gasteiger partial charge is 0.246 e. The highest BCUT2D eigenvalue weighted by Crippen LogP contribution is 2.43. The summed E-state index contributed by atoms with van der Waals surface area (Å²) in [7, 11) is 4.93. The van der Waals surface area contributed by atoms with Crippen LogP contribution in [0, 0.1) is 6.92 Å². The summed E-state index contributed by atoms with van der Waals surface area (Å²) < 4.78 is 22.8. The molecule has 1 amide bonds. The molecule has 1 aromatic heterocycles. The van der Waals surface area contributed by atoms with Crippen LogP contribution in [0.1, 0.15) is 25.0 Å². The molecular weight excluding hydrogens is 444 g/mol. The molecular formula is C28H34N2O5. The Morgan fingerprint density at radius 2 is 1.77 bits per heavy atom. The first-order valence-corrected chi connectivity index (χ1v) is 11.9. The number of rotatable bonds is 7. The van der Waals surface area contributed by atoms with Crippen LogP contribution in [0.15, 0.2) is 41.0 Å². The van der Waals surface area contributed by atoms with Crippen LogP contribution in [-0.2, 0) is 4.79 Å². The lowest BCUT2D eigenvalue weighted by atomic mass is 9.96. The number of piperazine rings is 1. The van der Waals surface area contributed by atoms with E-state index in [1.807, 2.05) is 43.0 Å². The van der Waals surface area contributed by atoms with Gasteiger partial charge in [-0.05, 0) is 50.2 Å². The van der Waals surface area contributed by atoms with Crippen molar-refractivity contribution in [3.8, 4) is 28.4 Å². The van der Waals surface area contributed by atoms with Crippen molar-refractivity contribution in [2.75, 3.05) is 54.1 Å². The van der Waals surface area contributed by atoms with E-state index >= 15 is 0 Å². The van der Waals surface area contributed by atoms with Gasteiger partial charge < -0.3 is 28.4 Å². The van der Waals surface area contributed by atoms with Crippen molar-refractivity contribution in [3.63, 3.8) is 0 Å². The summed E-state index contributed by atoms with van der Waals surface area (Å²) in [6, 6.07) is 7.72. The van der Waals surface area contributed by atoms with Gasteiger partial charge in [-0.15, -0.1) is 0 Å². The van der Waals surface area contributed by atoms with Crippen molar-refractivity contribution in [1.29, 1.82) is 0 Å². The van der Waals surface area contributed by atoms with Gasteiger partial charge in [-0.1, -0.05) is 6.92 Å². The first-order chi connectivity index (χ1) is 16.9. The normalized spacial score (nSPS) is 14.9. The van der Waals surface area contributed by atoms with E-state index < -0.39 is 0 Å². The van der Waals surface area contributed by atoms with Gasteiger partial charge in [0, 0.05) is 59.9 Å². The van der Waals surface area contributed by atoms with E-state index in [-0.39, 0.29) is 5.91 Å². The van der Waals surface area contributed by atoms with Crippen LogP contribution in [0.5, 0.6) is 17.2 Å². The molecule has 1 saturated heterocycles. The Morgan fingerprint density at radius 1 is 1.03 bits per heavy atom. The molecule has 0 radical (unpaired) electrons. The van der Waals surface area contributed by atoms with Crippen molar-refractivity contribution < 1.29 is 23.4 Å². The van der Waals surface area contributed by atoms with Gasteiger partial charge in [-0.25, -0.2) is 0 Å². The van der Waals surface area contributed by atoms with Crippen molar-refractivity contribution in [2.24, 2.45) is 0 Å². The molecule has 0 unspecified atom stereocenters. The minimum atomic E-state index is 0.0277.